The number of hydrogen-bond acceptors (Lipinski definition) is 1. The molecule has 0 bridgehead atoms. The van der Waals surface area contributed by atoms with E-state index in [0.29, 0.717) is 0 Å². The molecule has 0 amide bonds. The van der Waals surface area contributed by atoms with Crippen molar-refractivity contribution in [3.8, 4) is 0 Å². The van der Waals surface area contributed by atoms with Gasteiger partial charge in [-0.1, -0.05) is 20.3 Å². The molecule has 0 unspecified atom stereocenters. The van der Waals surface area contributed by atoms with E-state index in [-0.39, 0.29) is 57.8 Å². The summed E-state index contributed by atoms with van der Waals surface area (Å²) in [4.78, 5) is 0. The van der Waals surface area contributed by atoms with Gasteiger partial charge in [0.15, 0.2) is 0 Å². The van der Waals surface area contributed by atoms with E-state index >= 15 is 0 Å². The third-order valence-corrected chi connectivity index (χ3v) is 0.605. The molecule has 0 aromatic carbocycles. The van der Waals surface area contributed by atoms with Crippen LogP contribution >= 0.6 is 0 Å². The molecule has 0 radical (unpaired) electrons. The molecule has 11 heavy (non-hydrogen) atoms. The van der Waals surface area contributed by atoms with E-state index in [1.54, 1.807) is 0 Å². The number of rotatable bonds is 2. The van der Waals surface area contributed by atoms with Gasteiger partial charge in [-0.15, -0.1) is 6.61 Å². The van der Waals surface area contributed by atoms with Gasteiger partial charge in [-0.05, 0) is 0 Å². The maximum absolute atomic E-state index is 11.1. The Morgan fingerprint density at radius 3 is 1.64 bits per heavy atom. The molecule has 1 nitrogen and oxygen atoms in total. The number of alkyl halides is 3. The van der Waals surface area contributed by atoms with Crippen molar-refractivity contribution in [3.63, 3.8) is 0 Å². The number of halogens is 3. The normalized spacial score (nSPS) is 9.27. The van der Waals surface area contributed by atoms with E-state index in [1.807, 2.05) is 13.8 Å². The topological polar surface area (TPSA) is 23.1 Å². The first-order chi connectivity index (χ1) is 4.56. The van der Waals surface area contributed by atoms with Crippen LogP contribution in [0.1, 0.15) is 26.7 Å². The molecule has 0 aromatic rings. The van der Waals surface area contributed by atoms with E-state index in [1.165, 1.54) is 0 Å². The van der Waals surface area contributed by atoms with Gasteiger partial charge in [0, 0.05) is 6.42 Å². The van der Waals surface area contributed by atoms with E-state index in [2.05, 4.69) is 0 Å². The van der Waals surface area contributed by atoms with Gasteiger partial charge in [0.25, 0.3) is 0 Å². The van der Waals surface area contributed by atoms with Crippen LogP contribution in [0.25, 0.3) is 0 Å². The maximum Gasteiger partial charge on any atom is 1.00 e. The van der Waals surface area contributed by atoms with Crippen molar-refractivity contribution >= 4 is 0 Å². The second-order valence-electron chi connectivity index (χ2n) is 1.42. The maximum atomic E-state index is 11.1. The molecule has 0 aliphatic rings. The minimum atomic E-state index is -4.15. The molecule has 0 aromatic heterocycles. The summed E-state index contributed by atoms with van der Waals surface area (Å²) in [6.07, 6.45) is -5.40. The van der Waals surface area contributed by atoms with Crippen LogP contribution in [0.15, 0.2) is 0 Å². The molecule has 0 fully saturated rings. The zero-order valence-corrected chi connectivity index (χ0v) is 10.3. The molecular formula is C6H12F3KO. The van der Waals surface area contributed by atoms with Crippen molar-refractivity contribution in [1.29, 1.82) is 0 Å². The SMILES string of the molecule is CC.[K+].[O-]CCCC(F)(F)F. The number of hydrogen-bond donors (Lipinski definition) is 0. The van der Waals surface area contributed by atoms with Gasteiger partial charge >= 0.3 is 57.6 Å². The molecular weight excluding hydrogens is 184 g/mol. The standard InChI is InChI=1S/C4H6F3O.C2H6.K/c5-4(6,7)2-1-3-8;1-2;/h1-3H2;1-2H3;/q-1;;+1. The van der Waals surface area contributed by atoms with Crippen LogP contribution in [0.5, 0.6) is 0 Å². The molecule has 0 N–H and O–H groups in total. The van der Waals surface area contributed by atoms with Crippen molar-refractivity contribution in [1.82, 2.24) is 0 Å². The molecule has 0 atom stereocenters. The first-order valence-corrected chi connectivity index (χ1v) is 3.21. The first-order valence-electron chi connectivity index (χ1n) is 3.21. The Balaban J connectivity index is -0.000000196. The third-order valence-electron chi connectivity index (χ3n) is 0.605. The second kappa shape index (κ2) is 11.4. The first kappa shape index (κ1) is 18.2. The fraction of sp³-hybridized carbons (Fsp3) is 1.00. The Labute approximate surface area is 108 Å². The van der Waals surface area contributed by atoms with Crippen LogP contribution in [0, 0.1) is 0 Å². The smallest absolute Gasteiger partial charge is 0.854 e. The summed E-state index contributed by atoms with van der Waals surface area (Å²) < 4.78 is 33.3. The van der Waals surface area contributed by atoms with Gasteiger partial charge < -0.3 is 5.11 Å². The zero-order valence-electron chi connectivity index (χ0n) is 7.16. The Morgan fingerprint density at radius 1 is 1.18 bits per heavy atom. The van der Waals surface area contributed by atoms with Crippen LogP contribution in [0.3, 0.4) is 0 Å². The van der Waals surface area contributed by atoms with Gasteiger partial charge in [0.05, 0.1) is 0 Å². The summed E-state index contributed by atoms with van der Waals surface area (Å²) in [5.41, 5.74) is 0. The summed E-state index contributed by atoms with van der Waals surface area (Å²) in [6, 6.07) is 0. The van der Waals surface area contributed by atoms with Gasteiger partial charge in [0.2, 0.25) is 0 Å². The average molecular weight is 196 g/mol. The van der Waals surface area contributed by atoms with Crippen molar-refractivity contribution in [2.45, 2.75) is 32.9 Å². The average Bonchev–Trinajstić information content (AvgIpc) is 1.87. The molecule has 0 aliphatic heterocycles. The molecule has 64 valence electrons. The van der Waals surface area contributed by atoms with E-state index in [0.717, 1.165) is 0 Å². The van der Waals surface area contributed by atoms with Crippen molar-refractivity contribution in [2.24, 2.45) is 0 Å². The Kier molecular flexibility index (Phi) is 18.9. The van der Waals surface area contributed by atoms with Crippen LogP contribution in [0.2, 0.25) is 0 Å². The fourth-order valence-corrected chi connectivity index (χ4v) is 0.273. The summed E-state index contributed by atoms with van der Waals surface area (Å²) in [5, 5.41) is 9.48. The Hall–Kier alpha value is 1.39. The van der Waals surface area contributed by atoms with Crippen molar-refractivity contribution in [2.75, 3.05) is 6.61 Å². The second-order valence-corrected chi connectivity index (χ2v) is 1.42. The molecule has 0 rings (SSSR count). The van der Waals surface area contributed by atoms with Gasteiger partial charge in [0.1, 0.15) is 0 Å². The predicted molar refractivity (Wildman–Crippen MR) is 31.5 cm³/mol. The van der Waals surface area contributed by atoms with Gasteiger partial charge in [-0.25, -0.2) is 0 Å². The molecule has 0 spiro atoms. The van der Waals surface area contributed by atoms with E-state index in [9.17, 15) is 18.3 Å². The van der Waals surface area contributed by atoms with Crippen molar-refractivity contribution < 1.29 is 69.7 Å². The van der Waals surface area contributed by atoms with E-state index in [4.69, 9.17) is 0 Å². The van der Waals surface area contributed by atoms with Gasteiger partial charge in [-0.2, -0.15) is 13.2 Å². The Bertz CT molecular complexity index is 65.3. The quantitative estimate of drug-likeness (QED) is 0.504. The molecule has 0 saturated carbocycles. The predicted octanol–water partition coefficient (Wildman–Crippen LogP) is -1.28. The minimum absolute atomic E-state index is 0. The summed E-state index contributed by atoms with van der Waals surface area (Å²) in [6.45, 7) is 3.36. The molecule has 0 saturated heterocycles. The zero-order chi connectivity index (χ0) is 8.62. The van der Waals surface area contributed by atoms with Crippen LogP contribution in [-0.2, 0) is 0 Å². The monoisotopic (exact) mass is 196 g/mol. The van der Waals surface area contributed by atoms with Crippen molar-refractivity contribution in [3.05, 3.63) is 0 Å². The molecule has 0 aliphatic carbocycles. The fourth-order valence-electron chi connectivity index (χ4n) is 0.273. The van der Waals surface area contributed by atoms with Crippen LogP contribution < -0.4 is 56.5 Å². The van der Waals surface area contributed by atoms with Crippen LogP contribution in [-0.4, -0.2) is 12.8 Å². The molecule has 5 heteroatoms. The van der Waals surface area contributed by atoms with E-state index < -0.39 is 19.2 Å². The minimum Gasteiger partial charge on any atom is -0.854 e. The Morgan fingerprint density at radius 2 is 1.55 bits per heavy atom. The largest absolute Gasteiger partial charge is 1.00 e. The molecule has 0 heterocycles. The van der Waals surface area contributed by atoms with Crippen LogP contribution in [0.4, 0.5) is 13.2 Å². The van der Waals surface area contributed by atoms with Gasteiger partial charge in [-0.3, -0.25) is 0 Å². The third kappa shape index (κ3) is 24.6. The summed E-state index contributed by atoms with van der Waals surface area (Å²) in [5.74, 6) is 0. The summed E-state index contributed by atoms with van der Waals surface area (Å²) >= 11 is 0. The summed E-state index contributed by atoms with van der Waals surface area (Å²) in [7, 11) is 0.